The molecule has 0 aromatic carbocycles. The van der Waals surface area contributed by atoms with Crippen LogP contribution in [-0.2, 0) is 9.53 Å². The second kappa shape index (κ2) is 4.09. The Morgan fingerprint density at radius 1 is 1.54 bits per heavy atom. The van der Waals surface area contributed by atoms with E-state index < -0.39 is 0 Å². The van der Waals surface area contributed by atoms with Crippen molar-refractivity contribution in [1.82, 2.24) is 5.32 Å². The molecule has 0 aliphatic heterocycles. The van der Waals surface area contributed by atoms with Crippen molar-refractivity contribution in [2.24, 2.45) is 5.92 Å². The lowest BCUT2D eigenvalue weighted by Gasteiger charge is -2.24. The molecule has 13 heavy (non-hydrogen) atoms. The molecular formula is C10H19NO2. The number of amides is 1. The van der Waals surface area contributed by atoms with Crippen molar-refractivity contribution in [3.63, 3.8) is 0 Å². The average molecular weight is 185 g/mol. The highest BCUT2D eigenvalue weighted by molar-refractivity contribution is 5.80. The Balaban J connectivity index is 2.19. The van der Waals surface area contributed by atoms with Crippen LogP contribution in [0.5, 0.6) is 0 Å². The van der Waals surface area contributed by atoms with Gasteiger partial charge in [0.05, 0.1) is 5.60 Å². The van der Waals surface area contributed by atoms with Crippen molar-refractivity contribution in [3.8, 4) is 0 Å². The van der Waals surface area contributed by atoms with E-state index in [4.69, 9.17) is 4.74 Å². The largest absolute Gasteiger partial charge is 0.374 e. The topological polar surface area (TPSA) is 38.3 Å². The summed E-state index contributed by atoms with van der Waals surface area (Å²) in [6.07, 6.45) is 2.11. The van der Waals surface area contributed by atoms with Crippen molar-refractivity contribution in [2.75, 3.05) is 13.2 Å². The number of carbonyl (C=O) groups excluding carboxylic acids is 1. The first kappa shape index (κ1) is 10.5. The van der Waals surface area contributed by atoms with Gasteiger partial charge >= 0.3 is 0 Å². The number of hydrogen-bond acceptors (Lipinski definition) is 2. The standard InChI is InChI=1S/C10H19NO2/c1-4-13-10(2,3)7-11-9(12)8-5-6-8/h8H,4-7H2,1-3H3,(H,11,12). The summed E-state index contributed by atoms with van der Waals surface area (Å²) in [7, 11) is 0. The summed E-state index contributed by atoms with van der Waals surface area (Å²) in [6, 6.07) is 0. The van der Waals surface area contributed by atoms with Crippen molar-refractivity contribution < 1.29 is 9.53 Å². The Morgan fingerprint density at radius 3 is 2.62 bits per heavy atom. The van der Waals surface area contributed by atoms with Crippen LogP contribution in [0.2, 0.25) is 0 Å². The van der Waals surface area contributed by atoms with Gasteiger partial charge in [-0.05, 0) is 33.6 Å². The van der Waals surface area contributed by atoms with Gasteiger partial charge in [0.15, 0.2) is 0 Å². The van der Waals surface area contributed by atoms with Crippen molar-refractivity contribution in [3.05, 3.63) is 0 Å². The van der Waals surface area contributed by atoms with Crippen molar-refractivity contribution >= 4 is 5.91 Å². The van der Waals surface area contributed by atoms with Crippen molar-refractivity contribution in [2.45, 2.75) is 39.2 Å². The molecule has 0 aromatic rings. The summed E-state index contributed by atoms with van der Waals surface area (Å²) in [5, 5.41) is 2.91. The van der Waals surface area contributed by atoms with Gasteiger partial charge in [-0.2, -0.15) is 0 Å². The molecule has 0 saturated heterocycles. The van der Waals surface area contributed by atoms with Crippen LogP contribution >= 0.6 is 0 Å². The van der Waals surface area contributed by atoms with Crippen LogP contribution < -0.4 is 5.32 Å². The van der Waals surface area contributed by atoms with E-state index in [1.807, 2.05) is 20.8 Å². The second-order valence-electron chi connectivity index (χ2n) is 4.18. The van der Waals surface area contributed by atoms with Gasteiger partial charge in [-0.15, -0.1) is 0 Å². The second-order valence-corrected chi connectivity index (χ2v) is 4.18. The van der Waals surface area contributed by atoms with E-state index in [-0.39, 0.29) is 17.4 Å². The fraction of sp³-hybridized carbons (Fsp3) is 0.900. The minimum absolute atomic E-state index is 0.188. The third-order valence-electron chi connectivity index (χ3n) is 2.17. The first-order valence-electron chi connectivity index (χ1n) is 4.97. The summed E-state index contributed by atoms with van der Waals surface area (Å²) in [5.74, 6) is 0.477. The van der Waals surface area contributed by atoms with Gasteiger partial charge in [-0.3, -0.25) is 4.79 Å². The molecule has 76 valence electrons. The van der Waals surface area contributed by atoms with E-state index >= 15 is 0 Å². The molecule has 0 spiro atoms. The Bertz CT molecular complexity index is 185. The Morgan fingerprint density at radius 2 is 2.15 bits per heavy atom. The maximum Gasteiger partial charge on any atom is 0.223 e. The zero-order valence-electron chi connectivity index (χ0n) is 8.72. The van der Waals surface area contributed by atoms with E-state index in [9.17, 15) is 4.79 Å². The van der Waals surface area contributed by atoms with E-state index in [1.165, 1.54) is 0 Å². The van der Waals surface area contributed by atoms with Gasteiger partial charge in [0, 0.05) is 19.1 Å². The van der Waals surface area contributed by atoms with Gasteiger partial charge < -0.3 is 10.1 Å². The third kappa shape index (κ3) is 3.77. The summed E-state index contributed by atoms with van der Waals surface area (Å²) in [4.78, 5) is 11.3. The summed E-state index contributed by atoms with van der Waals surface area (Å²) < 4.78 is 5.47. The lowest BCUT2D eigenvalue weighted by Crippen LogP contribution is -2.41. The fourth-order valence-corrected chi connectivity index (χ4v) is 1.23. The normalized spacial score (nSPS) is 17.2. The molecule has 1 rings (SSSR count). The summed E-state index contributed by atoms with van der Waals surface area (Å²) in [6.45, 7) is 7.24. The minimum Gasteiger partial charge on any atom is -0.374 e. The maximum atomic E-state index is 11.3. The molecule has 0 bridgehead atoms. The number of nitrogens with one attached hydrogen (secondary N) is 1. The SMILES string of the molecule is CCOC(C)(C)CNC(=O)C1CC1. The molecule has 0 heterocycles. The third-order valence-corrected chi connectivity index (χ3v) is 2.17. The lowest BCUT2D eigenvalue weighted by atomic mass is 10.1. The molecular weight excluding hydrogens is 166 g/mol. The van der Waals surface area contributed by atoms with Crippen LogP contribution in [0, 0.1) is 5.92 Å². The molecule has 0 atom stereocenters. The Labute approximate surface area is 79.8 Å². The highest BCUT2D eigenvalue weighted by Crippen LogP contribution is 2.28. The molecule has 1 saturated carbocycles. The zero-order valence-corrected chi connectivity index (χ0v) is 8.72. The van der Waals surface area contributed by atoms with Crippen LogP contribution in [0.25, 0.3) is 0 Å². The quantitative estimate of drug-likeness (QED) is 0.701. The molecule has 1 amide bonds. The molecule has 1 aliphatic rings. The van der Waals surface area contributed by atoms with Crippen LogP contribution in [0.4, 0.5) is 0 Å². The van der Waals surface area contributed by atoms with Crippen LogP contribution in [0.3, 0.4) is 0 Å². The lowest BCUT2D eigenvalue weighted by molar-refractivity contribution is -0.123. The number of hydrogen-bond donors (Lipinski definition) is 1. The summed E-state index contributed by atoms with van der Waals surface area (Å²) >= 11 is 0. The number of ether oxygens (including phenoxy) is 1. The highest BCUT2D eigenvalue weighted by atomic mass is 16.5. The van der Waals surface area contributed by atoms with E-state index in [1.54, 1.807) is 0 Å². The first-order chi connectivity index (χ1) is 6.05. The molecule has 1 N–H and O–H groups in total. The van der Waals surface area contributed by atoms with Crippen molar-refractivity contribution in [1.29, 1.82) is 0 Å². The Hall–Kier alpha value is -0.570. The van der Waals surface area contributed by atoms with Crippen LogP contribution in [0.15, 0.2) is 0 Å². The van der Waals surface area contributed by atoms with Crippen LogP contribution in [0.1, 0.15) is 33.6 Å². The maximum absolute atomic E-state index is 11.3. The Kier molecular flexibility index (Phi) is 3.31. The molecule has 0 radical (unpaired) electrons. The molecule has 3 heteroatoms. The molecule has 0 aromatic heterocycles. The fourth-order valence-electron chi connectivity index (χ4n) is 1.23. The van der Waals surface area contributed by atoms with E-state index in [0.717, 1.165) is 12.8 Å². The predicted octanol–water partition coefficient (Wildman–Crippen LogP) is 1.33. The van der Waals surface area contributed by atoms with E-state index in [2.05, 4.69) is 5.32 Å². The highest BCUT2D eigenvalue weighted by Gasteiger charge is 2.30. The predicted molar refractivity (Wildman–Crippen MR) is 51.4 cm³/mol. The van der Waals surface area contributed by atoms with Gasteiger partial charge in [0.1, 0.15) is 0 Å². The van der Waals surface area contributed by atoms with Gasteiger partial charge in [-0.1, -0.05) is 0 Å². The molecule has 1 fully saturated rings. The van der Waals surface area contributed by atoms with E-state index in [0.29, 0.717) is 13.2 Å². The molecule has 0 unspecified atom stereocenters. The minimum atomic E-state index is -0.237. The number of rotatable bonds is 5. The average Bonchev–Trinajstić information content (AvgIpc) is 2.82. The zero-order chi connectivity index (χ0) is 9.90. The molecule has 1 aliphatic carbocycles. The smallest absolute Gasteiger partial charge is 0.223 e. The van der Waals surface area contributed by atoms with Gasteiger partial charge in [0.25, 0.3) is 0 Å². The molecule has 3 nitrogen and oxygen atoms in total. The number of carbonyl (C=O) groups is 1. The van der Waals surface area contributed by atoms with Gasteiger partial charge in [-0.25, -0.2) is 0 Å². The monoisotopic (exact) mass is 185 g/mol. The first-order valence-corrected chi connectivity index (χ1v) is 4.97. The summed E-state index contributed by atoms with van der Waals surface area (Å²) in [5.41, 5.74) is -0.237. The van der Waals surface area contributed by atoms with Crippen LogP contribution in [-0.4, -0.2) is 24.7 Å². The van der Waals surface area contributed by atoms with Gasteiger partial charge in [0.2, 0.25) is 5.91 Å².